The average molecular weight is 309 g/mol. The van der Waals surface area contributed by atoms with Gasteiger partial charge in [-0.05, 0) is 59.7 Å². The second-order valence-electron chi connectivity index (χ2n) is 3.64. The largest absolute Gasteiger partial charge is 0.394 e. The zero-order chi connectivity index (χ0) is 10.9. The molecule has 0 bridgehead atoms. The third kappa shape index (κ3) is 2.24. The number of hydrogen-bond donors (Lipinski definition) is 2. The summed E-state index contributed by atoms with van der Waals surface area (Å²) in [6.07, 6.45) is 0. The number of aliphatic hydroxyl groups excluding tert-OH is 1. The fourth-order valence-electron chi connectivity index (χ4n) is 1.07. The first-order chi connectivity index (χ1) is 6.38. The molecule has 0 aliphatic heterocycles. The number of halogens is 2. The first kappa shape index (κ1) is 11.9. The van der Waals surface area contributed by atoms with Crippen LogP contribution in [0.25, 0.3) is 0 Å². The molecule has 4 heteroatoms. The Hall–Kier alpha value is -0.200. The third-order valence-corrected chi connectivity index (χ3v) is 3.39. The van der Waals surface area contributed by atoms with E-state index in [2.05, 4.69) is 22.6 Å². The van der Waals surface area contributed by atoms with Crippen molar-refractivity contribution < 1.29 is 9.50 Å². The van der Waals surface area contributed by atoms with Crippen LogP contribution in [-0.4, -0.2) is 11.7 Å². The van der Waals surface area contributed by atoms with E-state index in [9.17, 15) is 4.39 Å². The van der Waals surface area contributed by atoms with Crippen molar-refractivity contribution in [2.75, 3.05) is 6.61 Å². The first-order valence-electron chi connectivity index (χ1n) is 4.24. The van der Waals surface area contributed by atoms with E-state index >= 15 is 0 Å². The Morgan fingerprint density at radius 3 is 2.57 bits per heavy atom. The number of benzene rings is 1. The molecule has 1 aromatic carbocycles. The van der Waals surface area contributed by atoms with Crippen LogP contribution in [0.3, 0.4) is 0 Å². The molecule has 0 unspecified atom stereocenters. The molecule has 0 aliphatic rings. The van der Waals surface area contributed by atoms with Crippen molar-refractivity contribution in [3.63, 3.8) is 0 Å². The lowest BCUT2D eigenvalue weighted by Crippen LogP contribution is -2.37. The minimum Gasteiger partial charge on any atom is -0.394 e. The molecule has 0 saturated carbocycles. The molecule has 3 N–H and O–H groups in total. The maximum Gasteiger partial charge on any atom is 0.127 e. The standard InChI is InChI=1S/C10H13FINO/c1-6-8(11)3-7(4-9(6)12)10(2,13)5-14/h3-4,14H,5,13H2,1-2H3/t10-/m0/s1. The SMILES string of the molecule is Cc1c(F)cc([C@@](C)(N)CO)cc1I. The molecule has 78 valence electrons. The van der Waals surface area contributed by atoms with Gasteiger partial charge in [-0.25, -0.2) is 4.39 Å². The fraction of sp³-hybridized carbons (Fsp3) is 0.400. The van der Waals surface area contributed by atoms with E-state index in [1.165, 1.54) is 6.07 Å². The Morgan fingerprint density at radius 1 is 1.57 bits per heavy atom. The maximum absolute atomic E-state index is 13.4. The molecule has 0 radical (unpaired) electrons. The maximum atomic E-state index is 13.4. The molecule has 0 amide bonds. The normalized spacial score (nSPS) is 15.3. The van der Waals surface area contributed by atoms with E-state index in [0.717, 1.165) is 3.57 Å². The highest BCUT2D eigenvalue weighted by atomic mass is 127. The molecular weight excluding hydrogens is 296 g/mol. The van der Waals surface area contributed by atoms with Crippen LogP contribution in [0.15, 0.2) is 12.1 Å². The van der Waals surface area contributed by atoms with Gasteiger partial charge in [-0.2, -0.15) is 0 Å². The second-order valence-corrected chi connectivity index (χ2v) is 4.80. The lowest BCUT2D eigenvalue weighted by atomic mass is 9.93. The summed E-state index contributed by atoms with van der Waals surface area (Å²) in [5, 5.41) is 9.05. The van der Waals surface area contributed by atoms with Crippen molar-refractivity contribution in [3.05, 3.63) is 32.6 Å². The van der Waals surface area contributed by atoms with Crippen molar-refractivity contribution in [2.24, 2.45) is 5.73 Å². The van der Waals surface area contributed by atoms with Crippen molar-refractivity contribution in [1.82, 2.24) is 0 Å². The van der Waals surface area contributed by atoms with Crippen LogP contribution >= 0.6 is 22.6 Å². The molecule has 0 heterocycles. The van der Waals surface area contributed by atoms with Crippen LogP contribution in [0.4, 0.5) is 4.39 Å². The van der Waals surface area contributed by atoms with E-state index in [1.54, 1.807) is 19.9 Å². The summed E-state index contributed by atoms with van der Waals surface area (Å²) >= 11 is 2.05. The first-order valence-corrected chi connectivity index (χ1v) is 5.32. The van der Waals surface area contributed by atoms with Gasteiger partial charge >= 0.3 is 0 Å². The summed E-state index contributed by atoms with van der Waals surface area (Å²) in [5.74, 6) is -0.281. The number of hydrogen-bond acceptors (Lipinski definition) is 2. The Labute approximate surface area is 96.5 Å². The fourth-order valence-corrected chi connectivity index (χ4v) is 1.66. The highest BCUT2D eigenvalue weighted by Gasteiger charge is 2.21. The summed E-state index contributed by atoms with van der Waals surface area (Å²) in [4.78, 5) is 0. The quantitative estimate of drug-likeness (QED) is 0.820. The van der Waals surface area contributed by atoms with Gasteiger partial charge in [-0.1, -0.05) is 0 Å². The molecule has 1 atom stereocenters. The van der Waals surface area contributed by atoms with Gasteiger partial charge in [-0.3, -0.25) is 0 Å². The van der Waals surface area contributed by atoms with Gasteiger partial charge in [0.25, 0.3) is 0 Å². The summed E-state index contributed by atoms with van der Waals surface area (Å²) in [6.45, 7) is 3.19. The molecule has 0 aromatic heterocycles. The van der Waals surface area contributed by atoms with E-state index in [0.29, 0.717) is 11.1 Å². The predicted octanol–water partition coefficient (Wildman–Crippen LogP) is 1.90. The Kier molecular flexibility index (Phi) is 3.49. The molecule has 1 aromatic rings. The summed E-state index contributed by atoms with van der Waals surface area (Å²) < 4.78 is 14.2. The summed E-state index contributed by atoms with van der Waals surface area (Å²) in [5.41, 5.74) is 6.16. The van der Waals surface area contributed by atoms with Gasteiger partial charge < -0.3 is 10.8 Å². The van der Waals surface area contributed by atoms with Crippen LogP contribution in [0.5, 0.6) is 0 Å². The van der Waals surface area contributed by atoms with Gasteiger partial charge in [0.2, 0.25) is 0 Å². The van der Waals surface area contributed by atoms with E-state index in [-0.39, 0.29) is 12.4 Å². The predicted molar refractivity (Wildman–Crippen MR) is 62.5 cm³/mol. The molecule has 0 saturated heterocycles. The van der Waals surface area contributed by atoms with Crippen LogP contribution < -0.4 is 5.73 Å². The lowest BCUT2D eigenvalue weighted by Gasteiger charge is -2.23. The van der Waals surface area contributed by atoms with Crippen molar-refractivity contribution >= 4 is 22.6 Å². The van der Waals surface area contributed by atoms with E-state index < -0.39 is 5.54 Å². The second kappa shape index (κ2) is 4.12. The van der Waals surface area contributed by atoms with Crippen LogP contribution in [-0.2, 0) is 5.54 Å². The molecule has 0 fully saturated rings. The topological polar surface area (TPSA) is 46.2 Å². The molecule has 1 rings (SSSR count). The number of nitrogens with two attached hydrogens (primary N) is 1. The van der Waals surface area contributed by atoms with Gasteiger partial charge in [0.15, 0.2) is 0 Å². The zero-order valence-corrected chi connectivity index (χ0v) is 10.3. The molecule has 0 aliphatic carbocycles. The van der Waals surface area contributed by atoms with Crippen molar-refractivity contribution in [2.45, 2.75) is 19.4 Å². The van der Waals surface area contributed by atoms with Gasteiger partial charge in [0, 0.05) is 3.57 Å². The monoisotopic (exact) mass is 309 g/mol. The van der Waals surface area contributed by atoms with Gasteiger partial charge in [0.1, 0.15) is 5.82 Å². The highest BCUT2D eigenvalue weighted by Crippen LogP contribution is 2.24. The minimum absolute atomic E-state index is 0.203. The average Bonchev–Trinajstić information content (AvgIpc) is 2.13. The Bertz CT molecular complexity index is 329. The van der Waals surface area contributed by atoms with Crippen molar-refractivity contribution in [3.8, 4) is 0 Å². The summed E-state index contributed by atoms with van der Waals surface area (Å²) in [6, 6.07) is 3.18. The highest BCUT2D eigenvalue weighted by molar-refractivity contribution is 14.1. The van der Waals surface area contributed by atoms with E-state index in [4.69, 9.17) is 10.8 Å². The molecular formula is C10H13FINO. The molecule has 0 spiro atoms. The van der Waals surface area contributed by atoms with Crippen LogP contribution in [0, 0.1) is 16.3 Å². The van der Waals surface area contributed by atoms with Crippen LogP contribution in [0.2, 0.25) is 0 Å². The van der Waals surface area contributed by atoms with Crippen molar-refractivity contribution in [1.29, 1.82) is 0 Å². The zero-order valence-electron chi connectivity index (χ0n) is 8.14. The summed E-state index contributed by atoms with van der Waals surface area (Å²) in [7, 11) is 0. The van der Waals surface area contributed by atoms with Crippen LogP contribution in [0.1, 0.15) is 18.1 Å². The Morgan fingerprint density at radius 2 is 2.14 bits per heavy atom. The minimum atomic E-state index is -0.880. The Balaban J connectivity index is 3.26. The molecule has 14 heavy (non-hydrogen) atoms. The van der Waals surface area contributed by atoms with Gasteiger partial charge in [0.05, 0.1) is 12.1 Å². The lowest BCUT2D eigenvalue weighted by molar-refractivity contribution is 0.209. The smallest absolute Gasteiger partial charge is 0.127 e. The van der Waals surface area contributed by atoms with Gasteiger partial charge in [-0.15, -0.1) is 0 Å². The number of aliphatic hydroxyl groups is 1. The number of rotatable bonds is 2. The third-order valence-electron chi connectivity index (χ3n) is 2.27. The van der Waals surface area contributed by atoms with E-state index in [1.807, 2.05) is 0 Å². The molecule has 2 nitrogen and oxygen atoms in total.